The largest absolute Gasteiger partial charge is 0.488 e. The second kappa shape index (κ2) is 11.2. The summed E-state index contributed by atoms with van der Waals surface area (Å²) in [6.07, 6.45) is 5.94. The predicted molar refractivity (Wildman–Crippen MR) is 159 cm³/mol. The van der Waals surface area contributed by atoms with Gasteiger partial charge in [0, 0.05) is 42.6 Å². The van der Waals surface area contributed by atoms with Crippen LogP contribution in [0.4, 0.5) is 16.4 Å². The molecule has 224 valence electrons. The van der Waals surface area contributed by atoms with Crippen molar-refractivity contribution < 1.29 is 23.8 Å². The Kier molecular flexibility index (Phi) is 7.38. The molecular weight excluding hydrogens is 550 g/mol. The summed E-state index contributed by atoms with van der Waals surface area (Å²) in [5.41, 5.74) is 8.69. The third kappa shape index (κ3) is 6.24. The minimum Gasteiger partial charge on any atom is -0.488 e. The molecule has 2 aliphatic rings. The number of hydrogen-bond donors (Lipinski definition) is 2. The molecule has 3 atom stereocenters. The van der Waals surface area contributed by atoms with E-state index in [-0.39, 0.29) is 24.3 Å². The summed E-state index contributed by atoms with van der Waals surface area (Å²) in [4.78, 5) is 34.9. The Hall–Kier alpha value is -4.71. The van der Waals surface area contributed by atoms with E-state index < -0.39 is 11.5 Å². The Morgan fingerprint density at radius 2 is 1.79 bits per heavy atom. The summed E-state index contributed by atoms with van der Waals surface area (Å²) in [6.45, 7) is 8.48. The molecule has 3 N–H and O–H groups in total. The van der Waals surface area contributed by atoms with Gasteiger partial charge in [-0.1, -0.05) is 0 Å². The number of pyridine rings is 3. The van der Waals surface area contributed by atoms with Gasteiger partial charge in [0.25, 0.3) is 0 Å². The molecule has 2 aliphatic heterocycles. The van der Waals surface area contributed by atoms with Crippen LogP contribution in [0.1, 0.15) is 49.7 Å². The molecule has 2 fully saturated rings. The Bertz CT molecular complexity index is 1650. The van der Waals surface area contributed by atoms with Crippen molar-refractivity contribution in [3.05, 3.63) is 66.2 Å². The average molecular weight is 586 g/mol. The molecule has 2 bridgehead atoms. The number of fused-ring (bicyclic) bond motifs is 3. The molecule has 12 heteroatoms. The monoisotopic (exact) mass is 585 g/mol. The van der Waals surface area contributed by atoms with E-state index in [9.17, 15) is 9.59 Å². The fourth-order valence-electron chi connectivity index (χ4n) is 5.59. The highest BCUT2D eigenvalue weighted by atomic mass is 16.6. The van der Waals surface area contributed by atoms with Gasteiger partial charge in [0.2, 0.25) is 5.91 Å². The van der Waals surface area contributed by atoms with E-state index >= 15 is 0 Å². The van der Waals surface area contributed by atoms with Gasteiger partial charge in [0.1, 0.15) is 23.3 Å². The number of aryl methyl sites for hydroxylation is 1. The molecule has 2 amide bonds. The standard InChI is InChI=1S/C31H35N7O5/c1-18-9-25(19-7-8-37-21(10-19)13-28(36-37)35-27-6-5-20(14-34-27)29(32)39)26(15-33-18)42-24-11-22-16-41-17-23(12-24)38(22)30(40)43-31(2,3)4/h5-10,13-15,22-24H,11-12,16-17H2,1-4H3,(H2,32,39)(H,34,35,36)/t22-,23+,24?. The number of ether oxygens (including phenoxy) is 3. The molecule has 12 nitrogen and oxygen atoms in total. The van der Waals surface area contributed by atoms with Crippen molar-refractivity contribution in [2.24, 2.45) is 5.73 Å². The van der Waals surface area contributed by atoms with Crippen LogP contribution in [0, 0.1) is 6.92 Å². The molecule has 6 heterocycles. The number of amides is 2. The van der Waals surface area contributed by atoms with Crippen molar-refractivity contribution in [3.63, 3.8) is 0 Å². The van der Waals surface area contributed by atoms with Gasteiger partial charge >= 0.3 is 6.09 Å². The first-order valence-electron chi connectivity index (χ1n) is 14.3. The molecule has 6 rings (SSSR count). The van der Waals surface area contributed by atoms with E-state index in [0.717, 1.165) is 22.3 Å². The quantitative estimate of drug-likeness (QED) is 0.334. The van der Waals surface area contributed by atoms with Gasteiger partial charge in [-0.15, -0.1) is 0 Å². The number of anilines is 2. The third-order valence-corrected chi connectivity index (χ3v) is 7.46. The first-order valence-corrected chi connectivity index (χ1v) is 14.3. The highest BCUT2D eigenvalue weighted by Crippen LogP contribution is 2.36. The number of carbonyl (C=O) groups excluding carboxylic acids is 2. The lowest BCUT2D eigenvalue weighted by atomic mass is 9.92. The topological polar surface area (TPSA) is 146 Å². The third-order valence-electron chi connectivity index (χ3n) is 7.46. The SMILES string of the molecule is Cc1cc(-c2ccn3nc(Nc4ccc(C(N)=O)cn4)cc3c2)c(OC2C[C@H]3COC[C@@H](C2)N3C(=O)OC(C)(C)C)cn1. The van der Waals surface area contributed by atoms with Crippen molar-refractivity contribution in [2.45, 2.75) is 64.3 Å². The van der Waals surface area contributed by atoms with E-state index in [1.807, 2.05) is 63.1 Å². The maximum absolute atomic E-state index is 13.0. The fourth-order valence-corrected chi connectivity index (χ4v) is 5.59. The minimum atomic E-state index is -0.565. The summed E-state index contributed by atoms with van der Waals surface area (Å²) >= 11 is 0. The van der Waals surface area contributed by atoms with Gasteiger partial charge in [-0.25, -0.2) is 14.3 Å². The molecule has 43 heavy (non-hydrogen) atoms. The van der Waals surface area contributed by atoms with Crippen LogP contribution in [0.3, 0.4) is 0 Å². The smallest absolute Gasteiger partial charge is 0.410 e. The number of piperidine rings is 1. The first kappa shape index (κ1) is 28.4. The van der Waals surface area contributed by atoms with Crippen LogP contribution in [0.2, 0.25) is 0 Å². The molecule has 2 saturated heterocycles. The van der Waals surface area contributed by atoms with Crippen LogP contribution in [0.5, 0.6) is 5.75 Å². The highest BCUT2D eigenvalue weighted by Gasteiger charge is 2.44. The molecule has 4 aromatic heterocycles. The van der Waals surface area contributed by atoms with Crippen molar-refractivity contribution in [3.8, 4) is 16.9 Å². The van der Waals surface area contributed by atoms with Crippen LogP contribution in [0.15, 0.2) is 55.0 Å². The van der Waals surface area contributed by atoms with Crippen molar-refractivity contribution in [1.29, 1.82) is 0 Å². The second-order valence-electron chi connectivity index (χ2n) is 12.0. The summed E-state index contributed by atoms with van der Waals surface area (Å²) in [7, 11) is 0. The zero-order valence-corrected chi connectivity index (χ0v) is 24.6. The van der Waals surface area contributed by atoms with Crippen LogP contribution in [-0.2, 0) is 9.47 Å². The number of nitrogens with two attached hydrogens (primary N) is 1. The van der Waals surface area contributed by atoms with E-state index in [1.165, 1.54) is 6.20 Å². The Morgan fingerprint density at radius 3 is 2.47 bits per heavy atom. The molecule has 0 spiro atoms. The molecule has 0 saturated carbocycles. The van der Waals surface area contributed by atoms with Gasteiger partial charge in [-0.3, -0.25) is 14.7 Å². The lowest BCUT2D eigenvalue weighted by Gasteiger charge is -2.48. The number of nitrogens with one attached hydrogen (secondary N) is 1. The second-order valence-corrected chi connectivity index (χ2v) is 12.0. The van der Waals surface area contributed by atoms with Gasteiger partial charge in [0.15, 0.2) is 5.82 Å². The summed E-state index contributed by atoms with van der Waals surface area (Å²) < 4.78 is 19.9. The zero-order chi connectivity index (χ0) is 30.3. The molecule has 0 aliphatic carbocycles. The lowest BCUT2D eigenvalue weighted by molar-refractivity contribution is -0.0993. The van der Waals surface area contributed by atoms with Crippen LogP contribution in [-0.4, -0.2) is 73.5 Å². The summed E-state index contributed by atoms with van der Waals surface area (Å²) in [5, 5.41) is 7.75. The fraction of sp³-hybridized carbons (Fsp3) is 0.387. The van der Waals surface area contributed by atoms with E-state index in [4.69, 9.17) is 19.9 Å². The average Bonchev–Trinajstić information content (AvgIpc) is 3.34. The Balaban J connectivity index is 1.21. The maximum Gasteiger partial charge on any atom is 0.410 e. The molecule has 0 radical (unpaired) electrons. The van der Waals surface area contributed by atoms with Crippen molar-refractivity contribution in [1.82, 2.24) is 24.5 Å². The molecular formula is C31H35N7O5. The Morgan fingerprint density at radius 1 is 1.02 bits per heavy atom. The molecule has 1 unspecified atom stereocenters. The Labute approximate surface area is 249 Å². The van der Waals surface area contributed by atoms with Gasteiger partial charge < -0.3 is 25.3 Å². The number of nitrogens with zero attached hydrogens (tertiary/aromatic N) is 5. The highest BCUT2D eigenvalue weighted by molar-refractivity contribution is 5.92. The van der Waals surface area contributed by atoms with Crippen molar-refractivity contribution in [2.75, 3.05) is 18.5 Å². The molecule has 4 aromatic rings. The van der Waals surface area contributed by atoms with E-state index in [1.54, 1.807) is 22.8 Å². The number of aromatic nitrogens is 4. The number of hydrogen-bond acceptors (Lipinski definition) is 9. The normalized spacial score (nSPS) is 20.1. The van der Waals surface area contributed by atoms with Crippen LogP contribution < -0.4 is 15.8 Å². The minimum absolute atomic E-state index is 0.108. The van der Waals surface area contributed by atoms with Gasteiger partial charge in [0.05, 0.1) is 42.6 Å². The van der Waals surface area contributed by atoms with Crippen LogP contribution in [0.25, 0.3) is 16.6 Å². The number of primary amides is 1. The lowest BCUT2D eigenvalue weighted by Crippen LogP contribution is -2.61. The summed E-state index contributed by atoms with van der Waals surface area (Å²) in [5.74, 6) is 1.30. The predicted octanol–water partition coefficient (Wildman–Crippen LogP) is 4.49. The van der Waals surface area contributed by atoms with Crippen molar-refractivity contribution >= 4 is 29.2 Å². The van der Waals surface area contributed by atoms with Crippen LogP contribution >= 0.6 is 0 Å². The first-order chi connectivity index (χ1) is 20.5. The number of carbonyl (C=O) groups is 2. The van der Waals surface area contributed by atoms with Gasteiger partial charge in [-0.2, -0.15) is 5.10 Å². The van der Waals surface area contributed by atoms with E-state index in [0.29, 0.717) is 49.0 Å². The van der Waals surface area contributed by atoms with Gasteiger partial charge in [-0.05, 0) is 63.6 Å². The number of rotatable bonds is 6. The maximum atomic E-state index is 13.0. The summed E-state index contributed by atoms with van der Waals surface area (Å²) in [6, 6.07) is 11.0. The molecule has 0 aromatic carbocycles. The number of morpholine rings is 1. The zero-order valence-electron chi connectivity index (χ0n) is 24.6. The van der Waals surface area contributed by atoms with E-state index in [2.05, 4.69) is 20.4 Å².